The minimum Gasteiger partial charge on any atom is -0.481 e. The number of H-pyrrole nitrogens is 1. The number of aromatic nitrogens is 1. The van der Waals surface area contributed by atoms with Crippen molar-refractivity contribution < 1.29 is 34.2 Å². The number of nitrogens with two attached hydrogens (primary N) is 1. The molecular weight excluding hydrogens is 482 g/mol. The predicted molar refractivity (Wildman–Crippen MR) is 133 cm³/mol. The Kier molecular flexibility index (Phi) is 8.87. The number of hydrogen-bond donors (Lipinski definition) is 6. The number of fused-ring (bicyclic) bond motifs is 1. The summed E-state index contributed by atoms with van der Waals surface area (Å²) >= 11 is 0. The van der Waals surface area contributed by atoms with E-state index in [2.05, 4.69) is 15.6 Å². The van der Waals surface area contributed by atoms with Gasteiger partial charge in [0, 0.05) is 30.1 Å². The van der Waals surface area contributed by atoms with Crippen molar-refractivity contribution >= 4 is 40.6 Å². The largest absolute Gasteiger partial charge is 0.481 e. The third-order valence-electron chi connectivity index (χ3n) is 6.57. The smallest absolute Gasteiger partial charge is 0.326 e. The monoisotopic (exact) mass is 515 g/mol. The van der Waals surface area contributed by atoms with Crippen LogP contribution >= 0.6 is 0 Å². The molecule has 1 aliphatic heterocycles. The number of carbonyl (C=O) groups excluding carboxylic acids is 3. The maximum atomic E-state index is 13.3. The molecule has 0 saturated carbocycles. The number of benzene rings is 1. The van der Waals surface area contributed by atoms with Crippen LogP contribution in [0.15, 0.2) is 30.5 Å². The van der Waals surface area contributed by atoms with E-state index in [1.54, 1.807) is 20.0 Å². The normalized spacial score (nSPS) is 17.8. The second-order valence-corrected chi connectivity index (χ2v) is 9.58. The second-order valence-electron chi connectivity index (χ2n) is 9.58. The van der Waals surface area contributed by atoms with Gasteiger partial charge in [-0.15, -0.1) is 0 Å². The predicted octanol–water partition coefficient (Wildman–Crippen LogP) is 0.214. The van der Waals surface area contributed by atoms with Crippen LogP contribution in [0.3, 0.4) is 0 Å². The average Bonchev–Trinajstić information content (AvgIpc) is 3.49. The lowest BCUT2D eigenvalue weighted by atomic mass is 10.0. The molecule has 0 aliphatic carbocycles. The summed E-state index contributed by atoms with van der Waals surface area (Å²) in [6.45, 7) is 3.60. The van der Waals surface area contributed by atoms with Gasteiger partial charge >= 0.3 is 11.9 Å². The summed E-state index contributed by atoms with van der Waals surface area (Å²) in [6, 6.07) is 2.79. The van der Waals surface area contributed by atoms with Crippen LogP contribution in [0, 0.1) is 5.92 Å². The van der Waals surface area contributed by atoms with E-state index >= 15 is 0 Å². The SMILES string of the molecule is CC(C)C(N)C(=O)NC(CC(=O)O)C(=O)N1CCCC1C(=O)NC(Cc1c[nH]c2ccccc12)C(=O)O. The van der Waals surface area contributed by atoms with Gasteiger partial charge in [0.1, 0.15) is 18.1 Å². The molecule has 0 bridgehead atoms. The molecule has 1 aromatic heterocycles. The van der Waals surface area contributed by atoms with Gasteiger partial charge in [-0.25, -0.2) is 4.79 Å². The highest BCUT2D eigenvalue weighted by Crippen LogP contribution is 2.22. The first-order chi connectivity index (χ1) is 17.5. The fourth-order valence-electron chi connectivity index (χ4n) is 4.44. The average molecular weight is 516 g/mol. The van der Waals surface area contributed by atoms with Crippen molar-refractivity contribution in [2.45, 2.75) is 63.7 Å². The fourth-order valence-corrected chi connectivity index (χ4v) is 4.44. The van der Waals surface area contributed by atoms with Crippen molar-refractivity contribution in [3.63, 3.8) is 0 Å². The van der Waals surface area contributed by atoms with Crippen LogP contribution in [0.2, 0.25) is 0 Å². The van der Waals surface area contributed by atoms with Crippen LogP contribution in [0.4, 0.5) is 0 Å². The van der Waals surface area contributed by atoms with Gasteiger partial charge in [-0.05, 0) is 30.4 Å². The number of likely N-dealkylation sites (tertiary alicyclic amines) is 1. The van der Waals surface area contributed by atoms with Gasteiger partial charge in [0.25, 0.3) is 0 Å². The van der Waals surface area contributed by atoms with E-state index in [4.69, 9.17) is 5.73 Å². The van der Waals surface area contributed by atoms with Crippen LogP contribution in [-0.4, -0.2) is 80.5 Å². The highest BCUT2D eigenvalue weighted by Gasteiger charge is 2.40. The fraction of sp³-hybridized carbons (Fsp3) is 0.480. The number of hydrogen-bond acceptors (Lipinski definition) is 6. The van der Waals surface area contributed by atoms with E-state index in [-0.39, 0.29) is 25.3 Å². The Labute approximate surface area is 213 Å². The molecule has 37 heavy (non-hydrogen) atoms. The zero-order chi connectivity index (χ0) is 27.3. The van der Waals surface area contributed by atoms with Crippen molar-refractivity contribution in [1.29, 1.82) is 0 Å². The van der Waals surface area contributed by atoms with Crippen molar-refractivity contribution in [3.8, 4) is 0 Å². The highest BCUT2D eigenvalue weighted by molar-refractivity contribution is 5.96. The van der Waals surface area contributed by atoms with Gasteiger partial charge in [-0.2, -0.15) is 0 Å². The zero-order valence-corrected chi connectivity index (χ0v) is 20.8. The third-order valence-corrected chi connectivity index (χ3v) is 6.57. The minimum absolute atomic E-state index is 0.0243. The number of carboxylic acid groups (broad SMARTS) is 2. The molecule has 200 valence electrons. The molecule has 0 spiro atoms. The number of aromatic amines is 1. The standard InChI is InChI=1S/C25H33N5O7/c1-13(2)21(26)23(34)28-17(11-20(31)32)24(35)30-9-5-8-19(30)22(33)29-18(25(36)37)10-14-12-27-16-7-4-3-6-15(14)16/h3-4,6-7,12-13,17-19,21,27H,5,8-11,26H2,1-2H3,(H,28,34)(H,29,33)(H,31,32)(H,36,37). The molecular formula is C25H33N5O7. The van der Waals surface area contributed by atoms with E-state index in [9.17, 15) is 34.2 Å². The third kappa shape index (κ3) is 6.64. The molecule has 3 rings (SSSR count). The molecule has 4 unspecified atom stereocenters. The Morgan fingerprint density at radius 1 is 1.11 bits per heavy atom. The van der Waals surface area contributed by atoms with Crippen LogP contribution < -0.4 is 16.4 Å². The molecule has 2 aromatic rings. The van der Waals surface area contributed by atoms with Crippen LogP contribution in [0.25, 0.3) is 10.9 Å². The topological polar surface area (TPSA) is 195 Å². The van der Waals surface area contributed by atoms with Gasteiger partial charge in [0.05, 0.1) is 12.5 Å². The van der Waals surface area contributed by atoms with E-state index in [1.807, 2.05) is 24.3 Å². The van der Waals surface area contributed by atoms with E-state index in [0.717, 1.165) is 10.9 Å². The first-order valence-corrected chi connectivity index (χ1v) is 12.2. The summed E-state index contributed by atoms with van der Waals surface area (Å²) in [4.78, 5) is 66.4. The van der Waals surface area contributed by atoms with E-state index < -0.39 is 60.2 Å². The van der Waals surface area contributed by atoms with Gasteiger partial charge in [-0.1, -0.05) is 32.0 Å². The molecule has 12 nitrogen and oxygen atoms in total. The minimum atomic E-state index is -1.41. The Morgan fingerprint density at radius 2 is 1.81 bits per heavy atom. The van der Waals surface area contributed by atoms with Crippen molar-refractivity contribution in [2.75, 3.05) is 6.54 Å². The van der Waals surface area contributed by atoms with Crippen molar-refractivity contribution in [1.82, 2.24) is 20.5 Å². The van der Waals surface area contributed by atoms with Crippen LogP contribution in [0.5, 0.6) is 0 Å². The molecule has 1 aliphatic rings. The Balaban J connectivity index is 1.73. The Morgan fingerprint density at radius 3 is 2.46 bits per heavy atom. The molecule has 3 amide bonds. The van der Waals surface area contributed by atoms with Crippen molar-refractivity contribution in [2.24, 2.45) is 11.7 Å². The quantitative estimate of drug-likeness (QED) is 0.244. The van der Waals surface area contributed by atoms with E-state index in [1.165, 1.54) is 4.90 Å². The van der Waals surface area contributed by atoms with Gasteiger partial charge in [0.2, 0.25) is 17.7 Å². The number of carboxylic acids is 2. The summed E-state index contributed by atoms with van der Waals surface area (Å²) in [5.74, 6) is -4.82. The maximum absolute atomic E-state index is 13.3. The first kappa shape index (κ1) is 27.7. The summed E-state index contributed by atoms with van der Waals surface area (Å²) in [5.41, 5.74) is 7.39. The summed E-state index contributed by atoms with van der Waals surface area (Å²) in [6.07, 6.45) is 1.77. The number of aliphatic carboxylic acids is 2. The van der Waals surface area contributed by atoms with E-state index in [0.29, 0.717) is 12.0 Å². The number of nitrogens with one attached hydrogen (secondary N) is 3. The van der Waals surface area contributed by atoms with Gasteiger partial charge in [-0.3, -0.25) is 19.2 Å². The molecule has 1 aromatic carbocycles. The first-order valence-electron chi connectivity index (χ1n) is 12.2. The Bertz CT molecular complexity index is 1180. The highest BCUT2D eigenvalue weighted by atomic mass is 16.4. The number of amides is 3. The van der Waals surface area contributed by atoms with Crippen molar-refractivity contribution in [3.05, 3.63) is 36.0 Å². The second kappa shape index (κ2) is 11.9. The number of para-hydroxylation sites is 1. The lowest BCUT2D eigenvalue weighted by Crippen LogP contribution is -2.57. The molecule has 12 heteroatoms. The van der Waals surface area contributed by atoms with Gasteiger partial charge < -0.3 is 36.5 Å². The number of carbonyl (C=O) groups is 5. The number of nitrogens with zero attached hydrogens (tertiary/aromatic N) is 1. The zero-order valence-electron chi connectivity index (χ0n) is 20.8. The summed E-state index contributed by atoms with van der Waals surface area (Å²) in [5, 5.41) is 24.8. The number of rotatable bonds is 11. The molecule has 1 fully saturated rings. The summed E-state index contributed by atoms with van der Waals surface area (Å²) in [7, 11) is 0. The lowest BCUT2D eigenvalue weighted by Gasteiger charge is -2.29. The Hall–Kier alpha value is -3.93. The van der Waals surface area contributed by atoms with Crippen LogP contribution in [0.1, 0.15) is 38.7 Å². The van der Waals surface area contributed by atoms with Gasteiger partial charge in [0.15, 0.2) is 0 Å². The molecule has 7 N–H and O–H groups in total. The molecule has 2 heterocycles. The molecule has 4 atom stereocenters. The van der Waals surface area contributed by atoms with Crippen LogP contribution in [-0.2, 0) is 30.4 Å². The lowest BCUT2D eigenvalue weighted by molar-refractivity contribution is -0.147. The maximum Gasteiger partial charge on any atom is 0.326 e. The molecule has 0 radical (unpaired) electrons. The summed E-state index contributed by atoms with van der Waals surface area (Å²) < 4.78 is 0. The molecule has 1 saturated heterocycles.